The third-order valence-corrected chi connectivity index (χ3v) is 4.01. The molecular weight excluding hydrogens is 344 g/mol. The maximum atomic E-state index is 11.9. The van der Waals surface area contributed by atoms with Gasteiger partial charge >= 0.3 is 5.69 Å². The number of nitrogens with zero attached hydrogens (tertiary/aromatic N) is 5. The lowest BCUT2D eigenvalue weighted by Crippen LogP contribution is -2.39. The first kappa shape index (κ1) is 18.2. The van der Waals surface area contributed by atoms with Crippen molar-refractivity contribution >= 4 is 23.9 Å². The van der Waals surface area contributed by atoms with Gasteiger partial charge < -0.3 is 0 Å². The molecule has 0 saturated heterocycles. The number of hydrogen-bond donors (Lipinski definition) is 1. The number of carbonyl (C=O) groups is 1. The molecule has 2 aromatic rings. The highest BCUT2D eigenvalue weighted by atomic mass is 32.2. The van der Waals surface area contributed by atoms with Crippen LogP contribution in [-0.4, -0.2) is 32.2 Å². The van der Waals surface area contributed by atoms with Crippen molar-refractivity contribution in [2.24, 2.45) is 19.2 Å². The van der Waals surface area contributed by atoms with Crippen molar-refractivity contribution in [3.05, 3.63) is 56.2 Å². The van der Waals surface area contributed by atoms with Crippen LogP contribution in [0.15, 0.2) is 44.0 Å². The fraction of sp³-hybridized carbons (Fsp3) is 0.200. The van der Waals surface area contributed by atoms with Crippen molar-refractivity contribution in [2.75, 3.05) is 5.75 Å². The van der Waals surface area contributed by atoms with E-state index in [9.17, 15) is 14.4 Å². The monoisotopic (exact) mass is 358 g/mol. The van der Waals surface area contributed by atoms with Gasteiger partial charge in [-0.2, -0.15) is 15.5 Å². The molecule has 0 radical (unpaired) electrons. The third-order valence-electron chi connectivity index (χ3n) is 3.07. The van der Waals surface area contributed by atoms with Gasteiger partial charge in [0.1, 0.15) is 0 Å². The smallest absolute Gasteiger partial charge is 0.272 e. The maximum absolute atomic E-state index is 11.9. The zero-order valence-electron chi connectivity index (χ0n) is 13.5. The number of carbonyl (C=O) groups excluding carboxylic acids is 1. The molecule has 0 unspecified atom stereocenters. The highest BCUT2D eigenvalue weighted by molar-refractivity contribution is 7.99. The second-order valence-corrected chi connectivity index (χ2v) is 5.86. The Morgan fingerprint density at radius 3 is 2.68 bits per heavy atom. The molecule has 1 aromatic carbocycles. The molecule has 128 valence electrons. The van der Waals surface area contributed by atoms with Gasteiger partial charge in [-0.15, -0.1) is 0 Å². The molecule has 2 rings (SSSR count). The number of amides is 1. The van der Waals surface area contributed by atoms with Crippen LogP contribution in [0.25, 0.3) is 0 Å². The van der Waals surface area contributed by atoms with E-state index in [1.807, 2.05) is 6.07 Å². The zero-order valence-corrected chi connectivity index (χ0v) is 14.3. The van der Waals surface area contributed by atoms with Crippen LogP contribution < -0.4 is 16.7 Å². The van der Waals surface area contributed by atoms with Crippen molar-refractivity contribution in [1.29, 1.82) is 5.26 Å². The number of hydrazone groups is 1. The Balaban J connectivity index is 1.93. The van der Waals surface area contributed by atoms with Gasteiger partial charge in [0.15, 0.2) is 5.03 Å². The fourth-order valence-corrected chi connectivity index (χ4v) is 2.52. The van der Waals surface area contributed by atoms with Crippen LogP contribution in [-0.2, 0) is 18.9 Å². The average molecular weight is 358 g/mol. The van der Waals surface area contributed by atoms with E-state index in [4.69, 9.17) is 5.26 Å². The Kier molecular flexibility index (Phi) is 5.86. The van der Waals surface area contributed by atoms with Gasteiger partial charge in [-0.25, -0.2) is 14.9 Å². The number of nitrogens with one attached hydrogen (secondary N) is 1. The van der Waals surface area contributed by atoms with E-state index in [1.54, 1.807) is 24.3 Å². The molecular formula is C15H14N6O3S. The second-order valence-electron chi connectivity index (χ2n) is 4.89. The molecule has 0 saturated carbocycles. The summed E-state index contributed by atoms with van der Waals surface area (Å²) in [7, 11) is 2.77. The summed E-state index contributed by atoms with van der Waals surface area (Å²) >= 11 is 0.917. The third kappa shape index (κ3) is 4.65. The van der Waals surface area contributed by atoms with Gasteiger partial charge in [0.2, 0.25) is 5.91 Å². The predicted molar refractivity (Wildman–Crippen MR) is 92.3 cm³/mol. The summed E-state index contributed by atoms with van der Waals surface area (Å²) in [6.07, 6.45) is 1.44. The molecule has 1 amide bonds. The van der Waals surface area contributed by atoms with E-state index >= 15 is 0 Å². The lowest BCUT2D eigenvalue weighted by molar-refractivity contribution is -0.118. The first-order valence-electron chi connectivity index (χ1n) is 7.01. The SMILES string of the molecule is Cn1nc(SCC(=O)N/N=C\c2ccc(C#N)cc2)c(=O)n(C)c1=O. The van der Waals surface area contributed by atoms with Crippen molar-refractivity contribution in [1.82, 2.24) is 19.8 Å². The molecule has 0 aliphatic heterocycles. The Hall–Kier alpha value is -3.19. The minimum atomic E-state index is -0.554. The average Bonchev–Trinajstić information content (AvgIpc) is 2.62. The zero-order chi connectivity index (χ0) is 18.4. The van der Waals surface area contributed by atoms with Crippen LogP contribution in [0.2, 0.25) is 0 Å². The first-order chi connectivity index (χ1) is 11.9. The number of aryl methyl sites for hydroxylation is 1. The van der Waals surface area contributed by atoms with Gasteiger partial charge in [0.25, 0.3) is 5.56 Å². The quantitative estimate of drug-likeness (QED) is 0.441. The van der Waals surface area contributed by atoms with Crippen LogP contribution >= 0.6 is 11.8 Å². The van der Waals surface area contributed by atoms with Crippen LogP contribution in [0.5, 0.6) is 0 Å². The number of nitriles is 1. The van der Waals surface area contributed by atoms with Crippen molar-refractivity contribution in [3.8, 4) is 6.07 Å². The standard InChI is InChI=1S/C15H14N6O3S/c1-20-14(23)13(19-21(2)15(20)24)25-9-12(22)18-17-8-11-5-3-10(7-16)4-6-11/h3-6,8H,9H2,1-2H3,(H,18,22)/b17-8-. The molecule has 1 aromatic heterocycles. The van der Waals surface area contributed by atoms with E-state index in [1.165, 1.54) is 20.3 Å². The van der Waals surface area contributed by atoms with E-state index in [0.29, 0.717) is 5.56 Å². The maximum Gasteiger partial charge on any atom is 0.346 e. The number of benzene rings is 1. The number of thioether (sulfide) groups is 1. The highest BCUT2D eigenvalue weighted by Crippen LogP contribution is 2.08. The lowest BCUT2D eigenvalue weighted by atomic mass is 10.2. The fourth-order valence-electron chi connectivity index (χ4n) is 1.75. The van der Waals surface area contributed by atoms with Crippen LogP contribution in [0.3, 0.4) is 0 Å². The Labute approximate surface area is 146 Å². The summed E-state index contributed by atoms with van der Waals surface area (Å²) in [5, 5.41) is 16.4. The van der Waals surface area contributed by atoms with Gasteiger partial charge in [0, 0.05) is 14.1 Å². The van der Waals surface area contributed by atoms with E-state index in [-0.39, 0.29) is 10.8 Å². The molecule has 25 heavy (non-hydrogen) atoms. The topological polar surface area (TPSA) is 122 Å². The minimum absolute atomic E-state index is 0.0517. The molecule has 10 heteroatoms. The van der Waals surface area contributed by atoms with Crippen molar-refractivity contribution in [3.63, 3.8) is 0 Å². The summed E-state index contributed by atoms with van der Waals surface area (Å²) in [6, 6.07) is 8.67. The van der Waals surface area contributed by atoms with E-state index < -0.39 is 17.2 Å². The van der Waals surface area contributed by atoms with Gasteiger partial charge in [-0.3, -0.25) is 14.2 Å². The molecule has 0 bridgehead atoms. The van der Waals surface area contributed by atoms with Crippen molar-refractivity contribution in [2.45, 2.75) is 5.03 Å². The number of hydrogen-bond acceptors (Lipinski definition) is 7. The molecule has 1 heterocycles. The van der Waals surface area contributed by atoms with E-state index in [2.05, 4.69) is 15.6 Å². The largest absolute Gasteiger partial charge is 0.346 e. The highest BCUT2D eigenvalue weighted by Gasteiger charge is 2.11. The van der Waals surface area contributed by atoms with Crippen molar-refractivity contribution < 1.29 is 4.79 Å². The summed E-state index contributed by atoms with van der Waals surface area (Å²) in [4.78, 5) is 35.2. The Bertz CT molecular complexity index is 969. The Morgan fingerprint density at radius 2 is 2.04 bits per heavy atom. The van der Waals surface area contributed by atoms with Gasteiger partial charge in [0.05, 0.1) is 23.6 Å². The minimum Gasteiger partial charge on any atom is -0.272 e. The second kappa shape index (κ2) is 8.07. The molecule has 1 N–H and O–H groups in total. The lowest BCUT2D eigenvalue weighted by Gasteiger charge is -2.04. The summed E-state index contributed by atoms with van der Waals surface area (Å²) in [5.74, 6) is -0.502. The molecule has 0 aliphatic rings. The molecule has 9 nitrogen and oxygen atoms in total. The predicted octanol–water partition coefficient (Wildman–Crippen LogP) is -0.407. The van der Waals surface area contributed by atoms with Crippen LogP contribution in [0.4, 0.5) is 0 Å². The summed E-state index contributed by atoms with van der Waals surface area (Å²) in [6.45, 7) is 0. The van der Waals surface area contributed by atoms with Gasteiger partial charge in [-0.1, -0.05) is 23.9 Å². The van der Waals surface area contributed by atoms with Crippen LogP contribution in [0.1, 0.15) is 11.1 Å². The van der Waals surface area contributed by atoms with Gasteiger partial charge in [-0.05, 0) is 17.7 Å². The first-order valence-corrected chi connectivity index (χ1v) is 8.00. The number of rotatable bonds is 5. The number of aromatic nitrogens is 3. The normalized spacial score (nSPS) is 10.6. The molecule has 0 fully saturated rings. The Morgan fingerprint density at radius 1 is 1.36 bits per heavy atom. The summed E-state index contributed by atoms with van der Waals surface area (Å²) in [5.41, 5.74) is 2.49. The van der Waals surface area contributed by atoms with Crippen LogP contribution in [0, 0.1) is 11.3 Å². The molecule has 0 aliphatic carbocycles. The summed E-state index contributed by atoms with van der Waals surface area (Å²) < 4.78 is 1.96. The van der Waals surface area contributed by atoms with E-state index in [0.717, 1.165) is 26.6 Å². The molecule has 0 atom stereocenters. The molecule has 0 spiro atoms.